The molecule has 100 valence electrons. The van der Waals surface area contributed by atoms with Gasteiger partial charge in [-0.1, -0.05) is 31.4 Å². The molecule has 0 aromatic heterocycles. The summed E-state index contributed by atoms with van der Waals surface area (Å²) in [6.45, 7) is 0.120. The summed E-state index contributed by atoms with van der Waals surface area (Å²) in [4.78, 5) is 0. The average molecular weight is 251 g/mol. The maximum Gasteiger partial charge on any atom is 0.123 e. The topological polar surface area (TPSA) is 35.2 Å². The number of halogens is 1. The lowest BCUT2D eigenvalue weighted by Crippen LogP contribution is -2.38. The number of methoxy groups -OCH3 is 1. The van der Waals surface area contributed by atoms with Crippen molar-refractivity contribution in [3.63, 3.8) is 0 Å². The van der Waals surface area contributed by atoms with Gasteiger partial charge in [0.05, 0.1) is 7.11 Å². The largest absolute Gasteiger partial charge is 0.496 e. The molecule has 18 heavy (non-hydrogen) atoms. The van der Waals surface area contributed by atoms with Gasteiger partial charge in [0, 0.05) is 17.5 Å². The summed E-state index contributed by atoms with van der Waals surface area (Å²) in [6.07, 6.45) is 5.66. The van der Waals surface area contributed by atoms with Crippen molar-refractivity contribution in [1.29, 1.82) is 0 Å². The Labute approximate surface area is 108 Å². The van der Waals surface area contributed by atoms with Crippen LogP contribution in [-0.2, 0) is 12.1 Å². The Balaban J connectivity index is 2.52. The summed E-state index contributed by atoms with van der Waals surface area (Å²) in [5.74, 6) is 0.789. The van der Waals surface area contributed by atoms with E-state index >= 15 is 0 Å². The minimum absolute atomic E-state index is 0.0910. The third-order valence-electron chi connectivity index (χ3n) is 4.21. The van der Waals surface area contributed by atoms with Crippen molar-refractivity contribution in [2.75, 3.05) is 13.7 Å². The van der Waals surface area contributed by atoms with Gasteiger partial charge >= 0.3 is 0 Å². The van der Waals surface area contributed by atoms with Crippen LogP contribution in [0.4, 0.5) is 4.39 Å². The molecule has 0 unspecified atom stereocenters. The van der Waals surface area contributed by atoms with Gasteiger partial charge < -0.3 is 10.5 Å². The summed E-state index contributed by atoms with van der Waals surface area (Å²) in [6, 6.07) is 5.62. The second-order valence-corrected chi connectivity index (χ2v) is 5.17. The summed E-state index contributed by atoms with van der Waals surface area (Å²) >= 11 is 0. The van der Waals surface area contributed by atoms with Gasteiger partial charge in [-0.3, -0.25) is 0 Å². The molecule has 0 bridgehead atoms. The Morgan fingerprint density at radius 3 is 2.56 bits per heavy atom. The van der Waals surface area contributed by atoms with Crippen LogP contribution in [0, 0.1) is 0 Å². The predicted molar refractivity (Wildman–Crippen MR) is 71.6 cm³/mol. The van der Waals surface area contributed by atoms with Crippen molar-refractivity contribution in [3.8, 4) is 5.75 Å². The molecule has 1 aromatic carbocycles. The molecule has 1 saturated carbocycles. The Kier molecular flexibility index (Phi) is 4.23. The fraction of sp³-hybridized carbons (Fsp3) is 0.600. The smallest absolute Gasteiger partial charge is 0.123 e. The Morgan fingerprint density at radius 1 is 1.28 bits per heavy atom. The number of ether oxygens (including phenoxy) is 1. The number of hydrogen-bond acceptors (Lipinski definition) is 2. The third-order valence-corrected chi connectivity index (χ3v) is 4.21. The normalized spacial score (nSPS) is 18.6. The van der Waals surface area contributed by atoms with Crippen molar-refractivity contribution in [3.05, 3.63) is 29.3 Å². The van der Waals surface area contributed by atoms with Crippen molar-refractivity contribution in [2.45, 2.75) is 44.2 Å². The molecule has 2 N–H and O–H groups in total. The SMILES string of the molecule is COc1cccc(CF)c1C1(CN)CCCCC1. The highest BCUT2D eigenvalue weighted by Gasteiger charge is 2.36. The van der Waals surface area contributed by atoms with Crippen LogP contribution in [-0.4, -0.2) is 13.7 Å². The fourth-order valence-electron chi connectivity index (χ4n) is 3.24. The highest BCUT2D eigenvalue weighted by atomic mass is 19.1. The summed E-state index contributed by atoms with van der Waals surface area (Å²) in [7, 11) is 1.65. The van der Waals surface area contributed by atoms with Gasteiger partial charge in [0.15, 0.2) is 0 Å². The van der Waals surface area contributed by atoms with Gasteiger partial charge in [0.1, 0.15) is 12.4 Å². The van der Waals surface area contributed by atoms with Gasteiger partial charge in [-0.25, -0.2) is 4.39 Å². The molecule has 1 aliphatic rings. The predicted octanol–water partition coefficient (Wildman–Crippen LogP) is 3.33. The quantitative estimate of drug-likeness (QED) is 0.891. The first-order valence-electron chi connectivity index (χ1n) is 6.70. The molecule has 0 amide bonds. The lowest BCUT2D eigenvalue weighted by molar-refractivity contribution is 0.283. The lowest BCUT2D eigenvalue weighted by Gasteiger charge is -2.38. The van der Waals surface area contributed by atoms with Crippen LogP contribution in [0.1, 0.15) is 43.2 Å². The van der Waals surface area contributed by atoms with E-state index in [1.165, 1.54) is 19.3 Å². The van der Waals surface area contributed by atoms with Crippen LogP contribution >= 0.6 is 0 Å². The zero-order valence-corrected chi connectivity index (χ0v) is 11.0. The van der Waals surface area contributed by atoms with Gasteiger partial charge in [0.25, 0.3) is 0 Å². The fourth-order valence-corrected chi connectivity index (χ4v) is 3.24. The van der Waals surface area contributed by atoms with Gasteiger partial charge in [-0.05, 0) is 24.5 Å². The van der Waals surface area contributed by atoms with Crippen LogP contribution in [0.2, 0.25) is 0 Å². The van der Waals surface area contributed by atoms with Crippen molar-refractivity contribution in [2.24, 2.45) is 5.73 Å². The number of alkyl halides is 1. The highest BCUT2D eigenvalue weighted by Crippen LogP contribution is 2.44. The molecule has 0 saturated heterocycles. The lowest BCUT2D eigenvalue weighted by atomic mass is 9.68. The summed E-state index contributed by atoms with van der Waals surface area (Å²) < 4.78 is 18.7. The highest BCUT2D eigenvalue weighted by molar-refractivity contribution is 5.46. The molecule has 2 rings (SSSR count). The second kappa shape index (κ2) is 5.70. The monoisotopic (exact) mass is 251 g/mol. The van der Waals surface area contributed by atoms with E-state index in [9.17, 15) is 4.39 Å². The van der Waals surface area contributed by atoms with Crippen molar-refractivity contribution in [1.82, 2.24) is 0 Å². The summed E-state index contributed by atoms with van der Waals surface area (Å²) in [5.41, 5.74) is 7.70. The first kappa shape index (κ1) is 13.3. The Bertz CT molecular complexity index is 377. The molecule has 1 fully saturated rings. The van der Waals surface area contributed by atoms with Crippen LogP contribution in [0.3, 0.4) is 0 Å². The van der Waals surface area contributed by atoms with Crippen molar-refractivity contribution < 1.29 is 9.13 Å². The van der Waals surface area contributed by atoms with E-state index in [1.54, 1.807) is 7.11 Å². The molecule has 0 atom stereocenters. The van der Waals surface area contributed by atoms with E-state index < -0.39 is 6.67 Å². The first-order valence-corrected chi connectivity index (χ1v) is 6.70. The number of benzene rings is 1. The number of hydrogen-bond donors (Lipinski definition) is 1. The first-order chi connectivity index (χ1) is 8.77. The minimum Gasteiger partial charge on any atom is -0.496 e. The maximum atomic E-state index is 13.3. The zero-order chi connectivity index (χ0) is 13.0. The third kappa shape index (κ3) is 2.24. The molecule has 1 aliphatic carbocycles. The molecule has 0 spiro atoms. The number of nitrogens with two attached hydrogens (primary N) is 1. The van der Waals surface area contributed by atoms with E-state index in [0.29, 0.717) is 6.54 Å². The molecule has 0 radical (unpaired) electrons. The summed E-state index contributed by atoms with van der Waals surface area (Å²) in [5, 5.41) is 0. The Hall–Kier alpha value is -1.09. The Morgan fingerprint density at radius 2 is 2.00 bits per heavy atom. The van der Waals surface area contributed by atoms with Crippen LogP contribution in [0.25, 0.3) is 0 Å². The molecule has 2 nitrogen and oxygen atoms in total. The van der Waals surface area contributed by atoms with Crippen molar-refractivity contribution >= 4 is 0 Å². The number of rotatable bonds is 4. The van der Waals surface area contributed by atoms with Gasteiger partial charge in [-0.2, -0.15) is 0 Å². The van der Waals surface area contributed by atoms with Crippen LogP contribution in [0.15, 0.2) is 18.2 Å². The van der Waals surface area contributed by atoms with E-state index in [-0.39, 0.29) is 5.41 Å². The van der Waals surface area contributed by atoms with E-state index in [1.807, 2.05) is 18.2 Å². The molecule has 0 aliphatic heterocycles. The molecule has 0 heterocycles. The molecular formula is C15H22FNO. The van der Waals surface area contributed by atoms with E-state index in [0.717, 1.165) is 29.7 Å². The maximum absolute atomic E-state index is 13.3. The minimum atomic E-state index is -0.450. The molecule has 1 aromatic rings. The molecule has 3 heteroatoms. The van der Waals surface area contributed by atoms with Gasteiger partial charge in [0.2, 0.25) is 0 Å². The van der Waals surface area contributed by atoms with Crippen LogP contribution < -0.4 is 10.5 Å². The standard InChI is InChI=1S/C15H22FNO/c1-18-13-7-5-6-12(10-16)14(13)15(11-17)8-3-2-4-9-15/h5-7H,2-4,8-11,17H2,1H3. The van der Waals surface area contributed by atoms with E-state index in [2.05, 4.69) is 0 Å². The van der Waals surface area contributed by atoms with E-state index in [4.69, 9.17) is 10.5 Å². The van der Waals surface area contributed by atoms with Crippen LogP contribution in [0.5, 0.6) is 5.75 Å². The zero-order valence-electron chi connectivity index (χ0n) is 11.0. The molecular weight excluding hydrogens is 229 g/mol. The average Bonchev–Trinajstić information content (AvgIpc) is 2.47. The second-order valence-electron chi connectivity index (χ2n) is 5.17. The van der Waals surface area contributed by atoms with Gasteiger partial charge in [-0.15, -0.1) is 0 Å².